The van der Waals surface area contributed by atoms with Gasteiger partial charge in [0.1, 0.15) is 0 Å². The monoisotopic (exact) mass is 301 g/mol. The average Bonchev–Trinajstić information content (AvgIpc) is 2.38. The molecule has 1 aromatic carbocycles. The molecule has 7 heteroatoms. The molecule has 112 valence electrons. The third kappa shape index (κ3) is 5.28. The normalized spacial score (nSPS) is 13.1. The molecule has 0 aliphatic heterocycles. The molecule has 0 saturated carbocycles. The Labute approximate surface area is 118 Å². The zero-order valence-electron chi connectivity index (χ0n) is 11.2. The van der Waals surface area contributed by atoms with Crippen LogP contribution in [0.3, 0.4) is 0 Å². The van der Waals surface area contributed by atoms with Crippen molar-refractivity contribution >= 4 is 16.0 Å². The van der Waals surface area contributed by atoms with E-state index in [0.29, 0.717) is 18.4 Å². The van der Waals surface area contributed by atoms with Gasteiger partial charge in [-0.2, -0.15) is 0 Å². The first kappa shape index (κ1) is 16.6. The van der Waals surface area contributed by atoms with Crippen LogP contribution in [0.15, 0.2) is 29.2 Å². The molecule has 0 heterocycles. The number of sulfonamides is 1. The van der Waals surface area contributed by atoms with Gasteiger partial charge in [-0.15, -0.1) is 0 Å². The predicted molar refractivity (Wildman–Crippen MR) is 73.9 cm³/mol. The minimum absolute atomic E-state index is 0.0811. The van der Waals surface area contributed by atoms with Gasteiger partial charge >= 0.3 is 5.97 Å². The molecule has 0 aliphatic carbocycles. The highest BCUT2D eigenvalue weighted by molar-refractivity contribution is 7.89. The molecule has 0 aromatic heterocycles. The van der Waals surface area contributed by atoms with Crippen molar-refractivity contribution in [1.29, 1.82) is 0 Å². The fourth-order valence-electron chi connectivity index (χ4n) is 1.61. The van der Waals surface area contributed by atoms with E-state index in [1.54, 1.807) is 0 Å². The van der Waals surface area contributed by atoms with Crippen LogP contribution in [0.5, 0.6) is 0 Å². The van der Waals surface area contributed by atoms with Crippen LogP contribution < -0.4 is 4.72 Å². The van der Waals surface area contributed by atoms with Crippen LogP contribution in [0.4, 0.5) is 0 Å². The van der Waals surface area contributed by atoms with Crippen molar-refractivity contribution in [3.63, 3.8) is 0 Å². The summed E-state index contributed by atoms with van der Waals surface area (Å²) in [6.07, 6.45) is 0.269. The Kier molecular flexibility index (Phi) is 6.12. The Morgan fingerprint density at radius 3 is 2.40 bits per heavy atom. The highest BCUT2D eigenvalue weighted by Crippen LogP contribution is 2.11. The highest BCUT2D eigenvalue weighted by atomic mass is 32.2. The molecule has 0 saturated heterocycles. The summed E-state index contributed by atoms with van der Waals surface area (Å²) in [4.78, 5) is 10.6. The molecule has 0 amide bonds. The molecule has 0 radical (unpaired) electrons. The van der Waals surface area contributed by atoms with E-state index in [0.717, 1.165) is 0 Å². The summed E-state index contributed by atoms with van der Waals surface area (Å²) >= 11 is 0. The Hall–Kier alpha value is -1.44. The maximum Gasteiger partial charge on any atom is 0.307 e. The van der Waals surface area contributed by atoms with Crippen LogP contribution in [-0.2, 0) is 21.2 Å². The topological polar surface area (TPSA) is 104 Å². The first-order chi connectivity index (χ1) is 9.35. The number of carboxylic acids is 1. The van der Waals surface area contributed by atoms with E-state index < -0.39 is 22.1 Å². The molecular weight excluding hydrogens is 282 g/mol. The lowest BCUT2D eigenvalue weighted by Gasteiger charge is -2.10. The Morgan fingerprint density at radius 1 is 1.30 bits per heavy atom. The molecule has 0 spiro atoms. The molecule has 1 atom stereocenters. The van der Waals surface area contributed by atoms with Gasteiger partial charge in [0.15, 0.2) is 0 Å². The lowest BCUT2D eigenvalue weighted by Crippen LogP contribution is -2.27. The average molecular weight is 301 g/mol. The van der Waals surface area contributed by atoms with Crippen molar-refractivity contribution in [2.75, 3.05) is 6.54 Å². The van der Waals surface area contributed by atoms with E-state index in [2.05, 4.69) is 4.72 Å². The molecule has 1 unspecified atom stereocenters. The summed E-state index contributed by atoms with van der Waals surface area (Å²) in [5.41, 5.74) is 0.540. The van der Waals surface area contributed by atoms with Crippen LogP contribution in [0.2, 0.25) is 0 Å². The number of hydrogen-bond acceptors (Lipinski definition) is 4. The Balaban J connectivity index is 2.65. The third-order valence-corrected chi connectivity index (χ3v) is 4.31. The molecule has 0 aliphatic rings. The predicted octanol–water partition coefficient (Wildman–Crippen LogP) is 0.753. The van der Waals surface area contributed by atoms with Crippen LogP contribution in [0, 0.1) is 0 Å². The second-order valence-electron chi connectivity index (χ2n) is 4.46. The van der Waals surface area contributed by atoms with Gasteiger partial charge in [-0.3, -0.25) is 4.79 Å². The fourth-order valence-corrected chi connectivity index (χ4v) is 2.66. The van der Waals surface area contributed by atoms with Crippen molar-refractivity contribution in [3.8, 4) is 0 Å². The van der Waals surface area contributed by atoms with E-state index in [1.165, 1.54) is 24.3 Å². The fraction of sp³-hybridized carbons (Fsp3) is 0.462. The van der Waals surface area contributed by atoms with Crippen LogP contribution >= 0.6 is 0 Å². The largest absolute Gasteiger partial charge is 0.481 e. The van der Waals surface area contributed by atoms with Crippen LogP contribution in [-0.4, -0.2) is 37.2 Å². The van der Waals surface area contributed by atoms with Crippen LogP contribution in [0.1, 0.15) is 25.3 Å². The SMILES string of the molecule is CCC(O)CCNS(=O)(=O)c1ccc(CC(=O)O)cc1. The van der Waals surface area contributed by atoms with Crippen LogP contribution in [0.25, 0.3) is 0 Å². The summed E-state index contributed by atoms with van der Waals surface area (Å²) in [5, 5.41) is 18.0. The van der Waals surface area contributed by atoms with E-state index in [-0.39, 0.29) is 17.9 Å². The van der Waals surface area contributed by atoms with Crippen molar-refractivity contribution in [2.24, 2.45) is 0 Å². The summed E-state index contributed by atoms with van der Waals surface area (Å²) in [6, 6.07) is 5.70. The van der Waals surface area contributed by atoms with E-state index in [1.807, 2.05) is 6.92 Å². The summed E-state index contributed by atoms with van der Waals surface area (Å²) in [6.45, 7) is 1.98. The molecule has 6 nitrogen and oxygen atoms in total. The first-order valence-corrected chi connectivity index (χ1v) is 7.82. The van der Waals surface area contributed by atoms with E-state index >= 15 is 0 Å². The van der Waals surface area contributed by atoms with Crippen molar-refractivity contribution in [3.05, 3.63) is 29.8 Å². The van der Waals surface area contributed by atoms with Crippen molar-refractivity contribution in [2.45, 2.75) is 37.2 Å². The Bertz CT molecular complexity index is 538. The minimum atomic E-state index is -3.62. The quantitative estimate of drug-likeness (QED) is 0.657. The van der Waals surface area contributed by atoms with E-state index in [9.17, 15) is 18.3 Å². The number of nitrogens with one attached hydrogen (secondary N) is 1. The third-order valence-electron chi connectivity index (χ3n) is 2.83. The lowest BCUT2D eigenvalue weighted by atomic mass is 10.2. The van der Waals surface area contributed by atoms with Gasteiger partial charge in [0.2, 0.25) is 10.0 Å². The van der Waals surface area contributed by atoms with Crippen molar-refractivity contribution < 1.29 is 23.4 Å². The standard InChI is InChI=1S/C13H19NO5S/c1-2-11(15)7-8-14-20(18,19)12-5-3-10(4-6-12)9-13(16)17/h3-6,11,14-15H,2,7-9H2,1H3,(H,16,17). The van der Waals surface area contributed by atoms with Gasteiger partial charge in [-0.05, 0) is 30.5 Å². The number of carboxylic acid groups (broad SMARTS) is 1. The second-order valence-corrected chi connectivity index (χ2v) is 6.23. The number of carbonyl (C=O) groups is 1. The maximum atomic E-state index is 11.9. The second kappa shape index (κ2) is 7.37. The highest BCUT2D eigenvalue weighted by Gasteiger charge is 2.14. The summed E-state index contributed by atoms with van der Waals surface area (Å²) < 4.78 is 26.2. The number of aliphatic carboxylic acids is 1. The maximum absolute atomic E-state index is 11.9. The van der Waals surface area contributed by atoms with Gasteiger partial charge in [-0.25, -0.2) is 13.1 Å². The number of benzene rings is 1. The first-order valence-electron chi connectivity index (χ1n) is 6.33. The molecule has 1 rings (SSSR count). The van der Waals surface area contributed by atoms with Gasteiger partial charge in [-0.1, -0.05) is 19.1 Å². The number of aliphatic hydroxyl groups excluding tert-OH is 1. The molecule has 1 aromatic rings. The van der Waals surface area contributed by atoms with Gasteiger partial charge < -0.3 is 10.2 Å². The summed E-state index contributed by atoms with van der Waals surface area (Å²) in [5.74, 6) is -0.965. The lowest BCUT2D eigenvalue weighted by molar-refractivity contribution is -0.136. The minimum Gasteiger partial charge on any atom is -0.481 e. The number of hydrogen-bond donors (Lipinski definition) is 3. The molecular formula is C13H19NO5S. The van der Waals surface area contributed by atoms with Gasteiger partial charge in [0.25, 0.3) is 0 Å². The zero-order chi connectivity index (χ0) is 15.2. The van der Waals surface area contributed by atoms with Crippen molar-refractivity contribution in [1.82, 2.24) is 4.72 Å². The zero-order valence-corrected chi connectivity index (χ0v) is 12.1. The smallest absolute Gasteiger partial charge is 0.307 e. The number of rotatable bonds is 8. The summed E-state index contributed by atoms with van der Waals surface area (Å²) in [7, 11) is -3.62. The Morgan fingerprint density at radius 2 is 1.90 bits per heavy atom. The molecule has 0 fully saturated rings. The molecule has 0 bridgehead atoms. The molecule has 20 heavy (non-hydrogen) atoms. The molecule has 3 N–H and O–H groups in total. The van der Waals surface area contributed by atoms with E-state index in [4.69, 9.17) is 5.11 Å². The number of aliphatic hydroxyl groups is 1. The van der Waals surface area contributed by atoms with Gasteiger partial charge in [0, 0.05) is 6.54 Å². The van der Waals surface area contributed by atoms with Gasteiger partial charge in [0.05, 0.1) is 17.4 Å².